The van der Waals surface area contributed by atoms with Crippen LogP contribution in [0.2, 0.25) is 0 Å². The third-order valence-corrected chi connectivity index (χ3v) is 5.19. The molecule has 2 unspecified atom stereocenters. The lowest BCUT2D eigenvalue weighted by Gasteiger charge is -2.41. The Kier molecular flexibility index (Phi) is 6.09. The lowest BCUT2D eigenvalue weighted by Crippen LogP contribution is -2.54. The molecule has 0 spiro atoms. The first-order valence-corrected chi connectivity index (χ1v) is 8.99. The van der Waals surface area contributed by atoms with Crippen LogP contribution in [0, 0.1) is 17.8 Å². The topological polar surface area (TPSA) is 32.3 Å². The van der Waals surface area contributed by atoms with E-state index in [1.165, 1.54) is 32.1 Å². The molecular weight excluding hydrogens is 260 g/mol. The minimum atomic E-state index is 0.355. The van der Waals surface area contributed by atoms with Crippen LogP contribution in [0.3, 0.4) is 0 Å². The molecule has 0 aromatic rings. The zero-order chi connectivity index (χ0) is 15.4. The van der Waals surface area contributed by atoms with Crippen LogP contribution in [-0.4, -0.2) is 36.0 Å². The zero-order valence-electron chi connectivity index (χ0n) is 14.4. The van der Waals surface area contributed by atoms with Gasteiger partial charge in [0.25, 0.3) is 0 Å². The molecule has 3 nitrogen and oxygen atoms in total. The zero-order valence-corrected chi connectivity index (χ0v) is 14.4. The molecule has 1 heterocycles. The Hall–Kier alpha value is -0.570. The summed E-state index contributed by atoms with van der Waals surface area (Å²) < 4.78 is 0. The second-order valence-corrected chi connectivity index (χ2v) is 7.98. The maximum Gasteiger partial charge on any atom is 0.222 e. The van der Waals surface area contributed by atoms with E-state index in [0.717, 1.165) is 13.1 Å². The molecule has 2 aliphatic rings. The van der Waals surface area contributed by atoms with Crippen molar-refractivity contribution in [3.05, 3.63) is 0 Å². The van der Waals surface area contributed by atoms with Crippen molar-refractivity contribution in [2.45, 2.75) is 78.3 Å². The van der Waals surface area contributed by atoms with E-state index in [2.05, 4.69) is 37.9 Å². The summed E-state index contributed by atoms with van der Waals surface area (Å²) in [5, 5.41) is 3.85. The maximum atomic E-state index is 12.5. The van der Waals surface area contributed by atoms with E-state index in [9.17, 15) is 4.79 Å². The minimum absolute atomic E-state index is 0.355. The highest BCUT2D eigenvalue weighted by Crippen LogP contribution is 2.27. The van der Waals surface area contributed by atoms with E-state index >= 15 is 0 Å². The van der Waals surface area contributed by atoms with Crippen LogP contribution in [0.5, 0.6) is 0 Å². The van der Waals surface area contributed by atoms with Gasteiger partial charge in [0.15, 0.2) is 0 Å². The molecule has 122 valence electrons. The van der Waals surface area contributed by atoms with Crippen LogP contribution in [0.25, 0.3) is 0 Å². The Morgan fingerprint density at radius 1 is 1.10 bits per heavy atom. The average Bonchev–Trinajstić information content (AvgIpc) is 2.90. The standard InChI is InChI=1S/C18H34N2O/c1-13(2)9-18(21)20-11-15(14(3)4)10-17(12-20)19-16-7-5-6-8-16/h13-17,19H,5-12H2,1-4H3. The number of piperidine rings is 1. The molecule has 1 N–H and O–H groups in total. The van der Waals surface area contributed by atoms with Crippen molar-refractivity contribution in [3.63, 3.8) is 0 Å². The van der Waals surface area contributed by atoms with Crippen LogP contribution in [0.4, 0.5) is 0 Å². The molecule has 1 saturated heterocycles. The van der Waals surface area contributed by atoms with E-state index < -0.39 is 0 Å². The van der Waals surface area contributed by atoms with Crippen molar-refractivity contribution in [1.82, 2.24) is 10.2 Å². The van der Waals surface area contributed by atoms with Crippen molar-refractivity contribution in [2.75, 3.05) is 13.1 Å². The normalized spacial score (nSPS) is 27.8. The fraction of sp³-hybridized carbons (Fsp3) is 0.944. The molecule has 1 amide bonds. The first-order valence-electron chi connectivity index (χ1n) is 8.99. The summed E-state index contributed by atoms with van der Waals surface area (Å²) in [6.07, 6.45) is 7.31. The predicted octanol–water partition coefficient (Wildman–Crippen LogP) is 3.44. The second kappa shape index (κ2) is 7.62. The van der Waals surface area contributed by atoms with Gasteiger partial charge in [0.1, 0.15) is 0 Å². The van der Waals surface area contributed by atoms with Gasteiger partial charge in [-0.15, -0.1) is 0 Å². The quantitative estimate of drug-likeness (QED) is 0.842. The lowest BCUT2D eigenvalue weighted by molar-refractivity contribution is -0.134. The monoisotopic (exact) mass is 294 g/mol. The van der Waals surface area contributed by atoms with Crippen LogP contribution in [0.15, 0.2) is 0 Å². The van der Waals surface area contributed by atoms with Crippen LogP contribution in [-0.2, 0) is 4.79 Å². The third-order valence-electron chi connectivity index (χ3n) is 5.19. The molecule has 1 aliphatic carbocycles. The number of carbonyl (C=O) groups is 1. The second-order valence-electron chi connectivity index (χ2n) is 7.98. The van der Waals surface area contributed by atoms with Crippen molar-refractivity contribution in [1.29, 1.82) is 0 Å². The van der Waals surface area contributed by atoms with Crippen LogP contribution >= 0.6 is 0 Å². The molecule has 2 atom stereocenters. The summed E-state index contributed by atoms with van der Waals surface area (Å²) in [6.45, 7) is 10.8. The summed E-state index contributed by atoms with van der Waals surface area (Å²) in [5.41, 5.74) is 0. The number of carbonyl (C=O) groups excluding carboxylic acids is 1. The number of likely N-dealkylation sites (tertiary alicyclic amines) is 1. The summed E-state index contributed by atoms with van der Waals surface area (Å²) in [7, 11) is 0. The molecule has 21 heavy (non-hydrogen) atoms. The largest absolute Gasteiger partial charge is 0.341 e. The highest BCUT2D eigenvalue weighted by atomic mass is 16.2. The summed E-state index contributed by atoms with van der Waals surface area (Å²) in [5.74, 6) is 2.12. The van der Waals surface area contributed by atoms with Crippen molar-refractivity contribution < 1.29 is 4.79 Å². The third kappa shape index (κ3) is 4.98. The molecule has 1 saturated carbocycles. The first kappa shape index (κ1) is 16.8. The SMILES string of the molecule is CC(C)CC(=O)N1CC(NC2CCCC2)CC(C(C)C)C1. The van der Waals surface area contributed by atoms with E-state index in [-0.39, 0.29) is 0 Å². The Morgan fingerprint density at radius 2 is 1.76 bits per heavy atom. The predicted molar refractivity (Wildman–Crippen MR) is 88.2 cm³/mol. The summed E-state index contributed by atoms with van der Waals surface area (Å²) >= 11 is 0. The summed E-state index contributed by atoms with van der Waals surface area (Å²) in [4.78, 5) is 14.6. The number of nitrogens with zero attached hydrogens (tertiary/aromatic N) is 1. The molecule has 1 aliphatic heterocycles. The van der Waals surface area contributed by atoms with Gasteiger partial charge in [0, 0.05) is 31.6 Å². The molecule has 0 aromatic carbocycles. The number of hydrogen-bond acceptors (Lipinski definition) is 2. The minimum Gasteiger partial charge on any atom is -0.341 e. The van der Waals surface area contributed by atoms with Gasteiger partial charge in [0.05, 0.1) is 0 Å². The smallest absolute Gasteiger partial charge is 0.222 e. The van der Waals surface area contributed by atoms with Crippen molar-refractivity contribution in [2.24, 2.45) is 17.8 Å². The van der Waals surface area contributed by atoms with Crippen LogP contribution < -0.4 is 5.32 Å². The Balaban J connectivity index is 1.95. The molecule has 2 rings (SSSR count). The number of amides is 1. The molecule has 0 aromatic heterocycles. The molecule has 3 heteroatoms. The van der Waals surface area contributed by atoms with Gasteiger partial charge in [-0.1, -0.05) is 40.5 Å². The highest BCUT2D eigenvalue weighted by Gasteiger charge is 2.32. The van der Waals surface area contributed by atoms with E-state index in [0.29, 0.717) is 42.2 Å². The molecule has 2 fully saturated rings. The fourth-order valence-corrected chi connectivity index (χ4v) is 3.85. The molecule has 0 radical (unpaired) electrons. The highest BCUT2D eigenvalue weighted by molar-refractivity contribution is 5.76. The van der Waals surface area contributed by atoms with E-state index in [4.69, 9.17) is 0 Å². The fourth-order valence-electron chi connectivity index (χ4n) is 3.85. The molecule has 0 bridgehead atoms. The van der Waals surface area contributed by atoms with Gasteiger partial charge >= 0.3 is 0 Å². The maximum absolute atomic E-state index is 12.5. The van der Waals surface area contributed by atoms with Crippen molar-refractivity contribution >= 4 is 5.91 Å². The molecular formula is C18H34N2O. The average molecular weight is 294 g/mol. The van der Waals surface area contributed by atoms with E-state index in [1.807, 2.05) is 0 Å². The van der Waals surface area contributed by atoms with E-state index in [1.54, 1.807) is 0 Å². The van der Waals surface area contributed by atoms with Gasteiger partial charge < -0.3 is 10.2 Å². The van der Waals surface area contributed by atoms with Gasteiger partial charge in [-0.05, 0) is 37.0 Å². The van der Waals surface area contributed by atoms with Crippen LogP contribution in [0.1, 0.15) is 66.2 Å². The summed E-state index contributed by atoms with van der Waals surface area (Å²) in [6, 6.07) is 1.20. The van der Waals surface area contributed by atoms with Gasteiger partial charge in [-0.25, -0.2) is 0 Å². The number of nitrogens with one attached hydrogen (secondary N) is 1. The number of hydrogen-bond donors (Lipinski definition) is 1. The van der Waals surface area contributed by atoms with Crippen molar-refractivity contribution in [3.8, 4) is 0 Å². The number of rotatable bonds is 5. The Morgan fingerprint density at radius 3 is 2.33 bits per heavy atom. The Labute approximate surface area is 130 Å². The van der Waals surface area contributed by atoms with Gasteiger partial charge in [-0.2, -0.15) is 0 Å². The Bertz CT molecular complexity index is 332. The van der Waals surface area contributed by atoms with Gasteiger partial charge in [-0.3, -0.25) is 4.79 Å². The first-order chi connectivity index (χ1) is 9.95. The van der Waals surface area contributed by atoms with Gasteiger partial charge in [0.2, 0.25) is 5.91 Å². The lowest BCUT2D eigenvalue weighted by atomic mass is 9.85.